The Hall–Kier alpha value is -0.610. The van der Waals surface area contributed by atoms with Crippen molar-refractivity contribution >= 4 is 5.97 Å². The van der Waals surface area contributed by atoms with Gasteiger partial charge in [-0.05, 0) is 0 Å². The van der Waals surface area contributed by atoms with E-state index in [1.807, 2.05) is 0 Å². The van der Waals surface area contributed by atoms with E-state index in [-0.39, 0.29) is 17.9 Å². The van der Waals surface area contributed by atoms with Gasteiger partial charge < -0.3 is 15.2 Å². The summed E-state index contributed by atoms with van der Waals surface area (Å²) in [6, 6.07) is -0.188. The average Bonchev–Trinajstić information content (AvgIpc) is 2.34. The van der Waals surface area contributed by atoms with Crippen molar-refractivity contribution in [3.8, 4) is 0 Å². The Morgan fingerprint density at radius 1 is 1.70 bits per heavy atom. The van der Waals surface area contributed by atoms with Gasteiger partial charge in [-0.3, -0.25) is 4.79 Å². The van der Waals surface area contributed by atoms with Gasteiger partial charge in [-0.2, -0.15) is 0 Å². The monoisotopic (exact) mass is 145 g/mol. The average molecular weight is 145 g/mol. The summed E-state index contributed by atoms with van der Waals surface area (Å²) in [7, 11) is 1.35. The van der Waals surface area contributed by atoms with E-state index in [0.29, 0.717) is 13.2 Å². The van der Waals surface area contributed by atoms with Crippen LogP contribution in [0.1, 0.15) is 0 Å². The lowest BCUT2D eigenvalue weighted by atomic mass is 10.1. The topological polar surface area (TPSA) is 61.5 Å². The first-order chi connectivity index (χ1) is 4.75. The summed E-state index contributed by atoms with van der Waals surface area (Å²) < 4.78 is 9.47. The molecule has 1 heterocycles. The van der Waals surface area contributed by atoms with Gasteiger partial charge in [-0.1, -0.05) is 0 Å². The van der Waals surface area contributed by atoms with Gasteiger partial charge in [0.1, 0.15) is 0 Å². The molecule has 0 spiro atoms. The summed E-state index contributed by atoms with van der Waals surface area (Å²) in [4.78, 5) is 10.8. The summed E-state index contributed by atoms with van der Waals surface area (Å²) in [5, 5.41) is 0. The van der Waals surface area contributed by atoms with Crippen molar-refractivity contribution in [1.29, 1.82) is 0 Å². The zero-order valence-corrected chi connectivity index (χ0v) is 5.87. The van der Waals surface area contributed by atoms with Gasteiger partial charge in [0.25, 0.3) is 0 Å². The van der Waals surface area contributed by atoms with Crippen molar-refractivity contribution < 1.29 is 14.3 Å². The zero-order chi connectivity index (χ0) is 7.56. The molecule has 4 heteroatoms. The fourth-order valence-corrected chi connectivity index (χ4v) is 0.965. The Morgan fingerprint density at radius 2 is 2.40 bits per heavy atom. The number of carbonyl (C=O) groups excluding carboxylic acids is 1. The molecule has 0 aromatic heterocycles. The van der Waals surface area contributed by atoms with Crippen molar-refractivity contribution in [2.75, 3.05) is 20.3 Å². The second-order valence-corrected chi connectivity index (χ2v) is 2.33. The summed E-state index contributed by atoms with van der Waals surface area (Å²) in [6.45, 7) is 0.855. The van der Waals surface area contributed by atoms with Crippen molar-refractivity contribution in [2.45, 2.75) is 6.04 Å². The highest BCUT2D eigenvalue weighted by Crippen LogP contribution is 2.12. The number of carbonyl (C=O) groups is 1. The third-order valence-corrected chi connectivity index (χ3v) is 1.63. The standard InChI is InChI=1S/C6H11NO3/c1-9-6(8)4-2-10-3-5(4)7/h4-5H,2-3,7H2,1H3. The van der Waals surface area contributed by atoms with Gasteiger partial charge in [-0.15, -0.1) is 0 Å². The zero-order valence-electron chi connectivity index (χ0n) is 5.87. The molecule has 58 valence electrons. The van der Waals surface area contributed by atoms with Crippen molar-refractivity contribution in [1.82, 2.24) is 0 Å². The number of methoxy groups -OCH3 is 1. The van der Waals surface area contributed by atoms with Crippen LogP contribution in [0.3, 0.4) is 0 Å². The fourth-order valence-electron chi connectivity index (χ4n) is 0.965. The molecule has 2 unspecified atom stereocenters. The molecule has 2 atom stereocenters. The first kappa shape index (κ1) is 7.50. The molecular formula is C6H11NO3. The SMILES string of the molecule is COC(=O)C1COCC1N. The van der Waals surface area contributed by atoms with E-state index >= 15 is 0 Å². The smallest absolute Gasteiger partial charge is 0.312 e. The van der Waals surface area contributed by atoms with Gasteiger partial charge in [0, 0.05) is 6.04 Å². The van der Waals surface area contributed by atoms with Crippen LogP contribution in [0.15, 0.2) is 0 Å². The van der Waals surface area contributed by atoms with Gasteiger partial charge >= 0.3 is 5.97 Å². The molecule has 1 fully saturated rings. The quantitative estimate of drug-likeness (QED) is 0.487. The molecule has 1 saturated heterocycles. The van der Waals surface area contributed by atoms with E-state index in [1.165, 1.54) is 7.11 Å². The van der Waals surface area contributed by atoms with Crippen LogP contribution in [-0.4, -0.2) is 32.3 Å². The lowest BCUT2D eigenvalue weighted by Crippen LogP contribution is -2.34. The molecule has 0 aromatic carbocycles. The third-order valence-electron chi connectivity index (χ3n) is 1.63. The predicted octanol–water partition coefficient (Wildman–Crippen LogP) is -0.867. The number of hydrogen-bond donors (Lipinski definition) is 1. The maximum absolute atomic E-state index is 10.8. The number of hydrogen-bond acceptors (Lipinski definition) is 4. The van der Waals surface area contributed by atoms with Gasteiger partial charge in [-0.25, -0.2) is 0 Å². The van der Waals surface area contributed by atoms with Crippen LogP contribution in [0, 0.1) is 5.92 Å². The van der Waals surface area contributed by atoms with Gasteiger partial charge in [0.05, 0.1) is 26.2 Å². The first-order valence-corrected chi connectivity index (χ1v) is 3.17. The fraction of sp³-hybridized carbons (Fsp3) is 0.833. The van der Waals surface area contributed by atoms with Crippen LogP contribution in [0.5, 0.6) is 0 Å². The van der Waals surface area contributed by atoms with Crippen LogP contribution in [0.4, 0.5) is 0 Å². The molecule has 0 aliphatic carbocycles. The van der Waals surface area contributed by atoms with Crippen LogP contribution in [-0.2, 0) is 14.3 Å². The Balaban J connectivity index is 2.46. The molecule has 1 aliphatic heterocycles. The van der Waals surface area contributed by atoms with E-state index in [1.54, 1.807) is 0 Å². The second-order valence-electron chi connectivity index (χ2n) is 2.33. The molecule has 4 nitrogen and oxygen atoms in total. The molecule has 2 N–H and O–H groups in total. The molecule has 1 rings (SSSR count). The Morgan fingerprint density at radius 3 is 2.80 bits per heavy atom. The van der Waals surface area contributed by atoms with Gasteiger partial charge in [0.15, 0.2) is 0 Å². The molecule has 0 saturated carbocycles. The minimum atomic E-state index is -0.273. The minimum absolute atomic E-state index is 0.188. The predicted molar refractivity (Wildman–Crippen MR) is 34.3 cm³/mol. The maximum Gasteiger partial charge on any atom is 0.312 e. The molecule has 0 aromatic rings. The molecule has 1 aliphatic rings. The van der Waals surface area contributed by atoms with E-state index in [2.05, 4.69) is 4.74 Å². The molecular weight excluding hydrogens is 134 g/mol. The Labute approximate surface area is 59.3 Å². The van der Waals surface area contributed by atoms with Crippen LogP contribution in [0.2, 0.25) is 0 Å². The lowest BCUT2D eigenvalue weighted by Gasteiger charge is -2.08. The molecule has 10 heavy (non-hydrogen) atoms. The molecule has 0 radical (unpaired) electrons. The van der Waals surface area contributed by atoms with Crippen LogP contribution < -0.4 is 5.73 Å². The van der Waals surface area contributed by atoms with Crippen molar-refractivity contribution in [3.63, 3.8) is 0 Å². The van der Waals surface area contributed by atoms with Crippen LogP contribution in [0.25, 0.3) is 0 Å². The Kier molecular flexibility index (Phi) is 2.24. The lowest BCUT2D eigenvalue weighted by molar-refractivity contribution is -0.145. The number of nitrogens with two attached hydrogens (primary N) is 1. The molecule has 0 amide bonds. The summed E-state index contributed by atoms with van der Waals surface area (Å²) in [5.74, 6) is -0.532. The summed E-state index contributed by atoms with van der Waals surface area (Å²) in [6.07, 6.45) is 0. The highest BCUT2D eigenvalue weighted by Gasteiger charge is 2.31. The highest BCUT2D eigenvalue weighted by molar-refractivity contribution is 5.73. The normalized spacial score (nSPS) is 32.2. The molecule has 0 bridgehead atoms. The second kappa shape index (κ2) is 2.98. The number of ether oxygens (including phenoxy) is 2. The number of rotatable bonds is 1. The summed E-state index contributed by atoms with van der Waals surface area (Å²) >= 11 is 0. The Bertz CT molecular complexity index is 137. The maximum atomic E-state index is 10.8. The van der Waals surface area contributed by atoms with Crippen molar-refractivity contribution in [3.05, 3.63) is 0 Å². The number of esters is 1. The van der Waals surface area contributed by atoms with Crippen LogP contribution >= 0.6 is 0 Å². The van der Waals surface area contributed by atoms with E-state index in [9.17, 15) is 4.79 Å². The van der Waals surface area contributed by atoms with E-state index in [4.69, 9.17) is 10.5 Å². The van der Waals surface area contributed by atoms with E-state index < -0.39 is 0 Å². The largest absolute Gasteiger partial charge is 0.469 e. The minimum Gasteiger partial charge on any atom is -0.469 e. The van der Waals surface area contributed by atoms with Crippen molar-refractivity contribution in [2.24, 2.45) is 11.7 Å². The van der Waals surface area contributed by atoms with E-state index in [0.717, 1.165) is 0 Å². The summed E-state index contributed by atoms with van der Waals surface area (Å²) in [5.41, 5.74) is 5.53. The van der Waals surface area contributed by atoms with Gasteiger partial charge in [0.2, 0.25) is 0 Å². The highest BCUT2D eigenvalue weighted by atomic mass is 16.5. The first-order valence-electron chi connectivity index (χ1n) is 3.17. The third kappa shape index (κ3) is 1.27.